The van der Waals surface area contributed by atoms with Gasteiger partial charge < -0.3 is 24.9 Å². The Morgan fingerprint density at radius 2 is 1.36 bits per heavy atom. The summed E-state index contributed by atoms with van der Waals surface area (Å²) in [7, 11) is 2.19. The van der Waals surface area contributed by atoms with Crippen LogP contribution in [0.15, 0.2) is 103 Å². The number of benzene rings is 4. The fraction of sp³-hybridized carbons (Fsp3) is 0.297. The molecule has 6 rings (SSSR count). The molecule has 4 aromatic carbocycles. The van der Waals surface area contributed by atoms with E-state index in [2.05, 4.69) is 45.3 Å². The van der Waals surface area contributed by atoms with Gasteiger partial charge in [0, 0.05) is 62.6 Å². The highest BCUT2D eigenvalue weighted by Crippen LogP contribution is 2.33. The molecule has 1 saturated heterocycles. The van der Waals surface area contributed by atoms with Gasteiger partial charge in [-0.2, -0.15) is 0 Å². The van der Waals surface area contributed by atoms with Crippen LogP contribution in [0.25, 0.3) is 11.1 Å². The molecule has 2 heterocycles. The highest BCUT2D eigenvalue weighted by Gasteiger charge is 2.26. The summed E-state index contributed by atoms with van der Waals surface area (Å²) in [6, 6.07) is 33.0. The highest BCUT2D eigenvalue weighted by molar-refractivity contribution is 6.10. The number of hydrogen-bond donors (Lipinski definition) is 1. The van der Waals surface area contributed by atoms with E-state index in [1.54, 1.807) is 0 Å². The molecule has 0 bridgehead atoms. The third-order valence-electron chi connectivity index (χ3n) is 8.71. The summed E-state index contributed by atoms with van der Waals surface area (Å²) in [5.74, 6) is -0.207. The van der Waals surface area contributed by atoms with Gasteiger partial charge in [-0.3, -0.25) is 9.59 Å². The molecule has 0 spiro atoms. The number of carbonyl (C=O) groups is 2. The standard InChI is InChI=1S/C37H41N5O2/c1-39-25-27-40(28-26-39)21-9-22-41-23-10-24-42(35-16-8-7-15-34(35)41)37(44)30-17-19-31(20-18-30)38-36(43)33-14-6-5-13-32(33)29-11-3-2-4-12-29/h2-8,11-20H,9-10,21-28H2,1H3,(H,38,43). The van der Waals surface area contributed by atoms with E-state index in [-0.39, 0.29) is 11.8 Å². The lowest BCUT2D eigenvalue weighted by atomic mass is 9.99. The second-order valence-corrected chi connectivity index (χ2v) is 11.7. The smallest absolute Gasteiger partial charge is 0.258 e. The Balaban J connectivity index is 1.12. The number of nitrogens with one attached hydrogen (secondary N) is 1. The van der Waals surface area contributed by atoms with Crippen LogP contribution >= 0.6 is 0 Å². The molecular weight excluding hydrogens is 546 g/mol. The topological polar surface area (TPSA) is 59.1 Å². The van der Waals surface area contributed by atoms with E-state index >= 15 is 0 Å². The molecule has 226 valence electrons. The van der Waals surface area contributed by atoms with Crippen LogP contribution in [0.2, 0.25) is 0 Å². The third kappa shape index (κ3) is 6.85. The number of anilines is 3. The van der Waals surface area contributed by atoms with Gasteiger partial charge in [-0.05, 0) is 80.0 Å². The first-order chi connectivity index (χ1) is 21.6. The maximum absolute atomic E-state index is 13.8. The van der Waals surface area contributed by atoms with Crippen LogP contribution in [0.1, 0.15) is 33.6 Å². The maximum Gasteiger partial charge on any atom is 0.258 e. The molecule has 2 amide bonds. The molecule has 7 heteroatoms. The molecular formula is C37H41N5O2. The molecule has 1 N–H and O–H groups in total. The Hall–Kier alpha value is -4.46. The summed E-state index contributed by atoms with van der Waals surface area (Å²) < 4.78 is 0. The normalized spacial score (nSPS) is 15.8. The van der Waals surface area contributed by atoms with E-state index in [1.807, 2.05) is 89.8 Å². The van der Waals surface area contributed by atoms with E-state index in [9.17, 15) is 9.59 Å². The van der Waals surface area contributed by atoms with Crippen molar-refractivity contribution in [3.63, 3.8) is 0 Å². The zero-order chi connectivity index (χ0) is 30.3. The van der Waals surface area contributed by atoms with Gasteiger partial charge in [-0.25, -0.2) is 0 Å². The minimum absolute atomic E-state index is 0.0240. The summed E-state index contributed by atoms with van der Waals surface area (Å²) >= 11 is 0. The van der Waals surface area contributed by atoms with Crippen molar-refractivity contribution < 1.29 is 9.59 Å². The Morgan fingerprint density at radius 1 is 0.682 bits per heavy atom. The lowest BCUT2D eigenvalue weighted by Gasteiger charge is -2.33. The molecule has 0 unspecified atom stereocenters. The van der Waals surface area contributed by atoms with Crippen molar-refractivity contribution in [1.29, 1.82) is 0 Å². The second-order valence-electron chi connectivity index (χ2n) is 11.7. The van der Waals surface area contributed by atoms with Gasteiger partial charge in [0.25, 0.3) is 11.8 Å². The monoisotopic (exact) mass is 587 g/mol. The van der Waals surface area contributed by atoms with Gasteiger partial charge in [0.15, 0.2) is 0 Å². The SMILES string of the molecule is CN1CCN(CCCN2CCCN(C(=O)c3ccc(NC(=O)c4ccccc4-c4ccccc4)cc3)c3ccccc32)CC1. The van der Waals surface area contributed by atoms with Crippen LogP contribution in [-0.2, 0) is 0 Å². The van der Waals surface area contributed by atoms with E-state index in [1.165, 1.54) is 0 Å². The van der Waals surface area contributed by atoms with Crippen molar-refractivity contribution >= 4 is 28.9 Å². The van der Waals surface area contributed by atoms with E-state index in [0.717, 1.165) is 81.2 Å². The number of piperazine rings is 1. The number of para-hydroxylation sites is 2. The molecule has 0 atom stereocenters. The molecule has 2 aliphatic heterocycles. The molecule has 44 heavy (non-hydrogen) atoms. The van der Waals surface area contributed by atoms with Gasteiger partial charge >= 0.3 is 0 Å². The van der Waals surface area contributed by atoms with Crippen LogP contribution in [0.5, 0.6) is 0 Å². The molecule has 0 aliphatic carbocycles. The van der Waals surface area contributed by atoms with Crippen LogP contribution in [0, 0.1) is 0 Å². The predicted molar refractivity (Wildman–Crippen MR) is 180 cm³/mol. The van der Waals surface area contributed by atoms with Crippen molar-refractivity contribution in [2.45, 2.75) is 12.8 Å². The molecule has 0 saturated carbocycles. The first-order valence-corrected chi connectivity index (χ1v) is 15.7. The van der Waals surface area contributed by atoms with Crippen molar-refractivity contribution in [3.05, 3.63) is 114 Å². The largest absolute Gasteiger partial charge is 0.370 e. The minimum Gasteiger partial charge on any atom is -0.370 e. The van der Waals surface area contributed by atoms with Crippen molar-refractivity contribution in [1.82, 2.24) is 9.80 Å². The molecule has 7 nitrogen and oxygen atoms in total. The number of hydrogen-bond acceptors (Lipinski definition) is 5. The summed E-state index contributed by atoms with van der Waals surface area (Å²) in [4.78, 5) is 36.4. The maximum atomic E-state index is 13.8. The molecule has 2 aliphatic rings. The van der Waals surface area contributed by atoms with Gasteiger partial charge in [-0.15, -0.1) is 0 Å². The number of nitrogens with zero attached hydrogens (tertiary/aromatic N) is 4. The zero-order valence-electron chi connectivity index (χ0n) is 25.5. The number of likely N-dealkylation sites (N-methyl/N-ethyl adjacent to an activating group) is 1. The first kappa shape index (κ1) is 29.6. The van der Waals surface area contributed by atoms with Crippen molar-refractivity contribution in [3.8, 4) is 11.1 Å². The molecule has 0 radical (unpaired) electrons. The quantitative estimate of drug-likeness (QED) is 0.270. The molecule has 1 fully saturated rings. The average molecular weight is 588 g/mol. The Labute approximate surface area is 260 Å². The Morgan fingerprint density at radius 3 is 2.14 bits per heavy atom. The van der Waals surface area contributed by atoms with Gasteiger partial charge in [0.05, 0.1) is 11.4 Å². The highest BCUT2D eigenvalue weighted by atomic mass is 16.2. The van der Waals surface area contributed by atoms with Crippen LogP contribution < -0.4 is 15.1 Å². The third-order valence-corrected chi connectivity index (χ3v) is 8.71. The summed E-state index contributed by atoms with van der Waals surface area (Å²) in [6.45, 7) is 8.23. The number of amides is 2. The lowest BCUT2D eigenvalue weighted by molar-refractivity contribution is 0.0986. The summed E-state index contributed by atoms with van der Waals surface area (Å²) in [6.07, 6.45) is 2.01. The number of fused-ring (bicyclic) bond motifs is 1. The number of carbonyl (C=O) groups excluding carboxylic acids is 2. The van der Waals surface area contributed by atoms with Crippen LogP contribution in [-0.4, -0.2) is 81.0 Å². The van der Waals surface area contributed by atoms with Crippen LogP contribution in [0.4, 0.5) is 17.1 Å². The fourth-order valence-corrected chi connectivity index (χ4v) is 6.22. The fourth-order valence-electron chi connectivity index (χ4n) is 6.22. The lowest BCUT2D eigenvalue weighted by Crippen LogP contribution is -2.45. The van der Waals surface area contributed by atoms with Crippen molar-refractivity contribution in [2.24, 2.45) is 0 Å². The van der Waals surface area contributed by atoms with E-state index in [0.29, 0.717) is 23.4 Å². The van der Waals surface area contributed by atoms with E-state index in [4.69, 9.17) is 0 Å². The molecule has 0 aromatic heterocycles. The van der Waals surface area contributed by atoms with Crippen molar-refractivity contribution in [2.75, 3.05) is 74.5 Å². The zero-order valence-corrected chi connectivity index (χ0v) is 25.5. The Kier molecular flexibility index (Phi) is 9.34. The first-order valence-electron chi connectivity index (χ1n) is 15.7. The summed E-state index contributed by atoms with van der Waals surface area (Å²) in [5.41, 5.74) is 5.81. The second kappa shape index (κ2) is 13.9. The molecule has 4 aromatic rings. The van der Waals surface area contributed by atoms with Gasteiger partial charge in [0.2, 0.25) is 0 Å². The van der Waals surface area contributed by atoms with Gasteiger partial charge in [0.1, 0.15) is 0 Å². The average Bonchev–Trinajstić information content (AvgIpc) is 3.25. The summed E-state index contributed by atoms with van der Waals surface area (Å²) in [5, 5.41) is 3.01. The van der Waals surface area contributed by atoms with Crippen LogP contribution in [0.3, 0.4) is 0 Å². The predicted octanol–water partition coefficient (Wildman–Crippen LogP) is 6.10. The Bertz CT molecular complexity index is 1560. The van der Waals surface area contributed by atoms with Gasteiger partial charge in [-0.1, -0.05) is 60.7 Å². The number of rotatable bonds is 8. The van der Waals surface area contributed by atoms with E-state index < -0.39 is 0 Å². The minimum atomic E-state index is -0.183.